The number of hydrogen-bond acceptors (Lipinski definition) is 7. The summed E-state index contributed by atoms with van der Waals surface area (Å²) >= 11 is 6.61. The number of benzene rings is 4. The molecular formula is C43H42ClF2N3O5. The fourth-order valence-corrected chi connectivity index (χ4v) is 6.24. The van der Waals surface area contributed by atoms with Crippen LogP contribution in [0.5, 0.6) is 28.9 Å². The second-order valence-corrected chi connectivity index (χ2v) is 13.5. The molecule has 0 saturated carbocycles. The molecule has 8 nitrogen and oxygen atoms in total. The summed E-state index contributed by atoms with van der Waals surface area (Å²) in [4.78, 5) is 21.6. The van der Waals surface area contributed by atoms with E-state index in [2.05, 4.69) is 57.9 Å². The SMILES string of the molecule is Cc1ccc(OCCc2ccc(CN3CCN(C(=O)/C=C/c4cc(C)c(Oc5ccc(OCc6ccc(OC(F)F)cc6)cn5)c(Cl)c4)CC3)cc2)cc1. The molecule has 1 fully saturated rings. The summed E-state index contributed by atoms with van der Waals surface area (Å²) < 4.78 is 46.7. The zero-order valence-corrected chi connectivity index (χ0v) is 31.0. The summed E-state index contributed by atoms with van der Waals surface area (Å²) in [5, 5.41) is 0.390. The van der Waals surface area contributed by atoms with Crippen LogP contribution in [0.25, 0.3) is 6.08 Å². The van der Waals surface area contributed by atoms with E-state index in [-0.39, 0.29) is 18.3 Å². The number of halogens is 3. The molecular weight excluding hydrogens is 712 g/mol. The predicted molar refractivity (Wildman–Crippen MR) is 206 cm³/mol. The third-order valence-corrected chi connectivity index (χ3v) is 9.21. The minimum absolute atomic E-state index is 0.0368. The molecule has 280 valence electrons. The molecule has 0 spiro atoms. The van der Waals surface area contributed by atoms with Crippen molar-refractivity contribution in [1.29, 1.82) is 0 Å². The summed E-state index contributed by atoms with van der Waals surface area (Å²) in [6.07, 6.45) is 5.74. The number of aromatic nitrogens is 1. The lowest BCUT2D eigenvalue weighted by Gasteiger charge is -2.34. The van der Waals surface area contributed by atoms with Crippen LogP contribution < -0.4 is 18.9 Å². The highest BCUT2D eigenvalue weighted by Gasteiger charge is 2.20. The van der Waals surface area contributed by atoms with E-state index in [0.717, 1.165) is 48.5 Å². The third-order valence-electron chi connectivity index (χ3n) is 8.93. The van der Waals surface area contributed by atoms with Crippen molar-refractivity contribution in [3.05, 3.63) is 148 Å². The molecule has 54 heavy (non-hydrogen) atoms. The average molecular weight is 754 g/mol. The van der Waals surface area contributed by atoms with Crippen LogP contribution in [-0.4, -0.2) is 60.1 Å². The molecule has 1 aliphatic rings. The van der Waals surface area contributed by atoms with Gasteiger partial charge < -0.3 is 23.8 Å². The lowest BCUT2D eigenvalue weighted by molar-refractivity contribution is -0.127. The summed E-state index contributed by atoms with van der Waals surface area (Å²) in [6, 6.07) is 30.1. The number of carbonyl (C=O) groups is 1. The van der Waals surface area contributed by atoms with Crippen molar-refractivity contribution in [2.45, 2.75) is 40.0 Å². The topological polar surface area (TPSA) is 73.4 Å². The summed E-state index contributed by atoms with van der Waals surface area (Å²) in [7, 11) is 0. The largest absolute Gasteiger partial charge is 0.493 e. The Labute approximate surface area is 319 Å². The number of rotatable bonds is 15. The highest BCUT2D eigenvalue weighted by molar-refractivity contribution is 6.32. The molecule has 0 radical (unpaired) electrons. The van der Waals surface area contributed by atoms with Crippen molar-refractivity contribution in [2.75, 3.05) is 32.8 Å². The van der Waals surface area contributed by atoms with Crippen LogP contribution in [-0.2, 0) is 24.4 Å². The first-order valence-corrected chi connectivity index (χ1v) is 18.1. The average Bonchev–Trinajstić information content (AvgIpc) is 3.17. The summed E-state index contributed by atoms with van der Waals surface area (Å²) in [5.74, 6) is 2.24. The van der Waals surface area contributed by atoms with Crippen LogP contribution in [0.3, 0.4) is 0 Å². The van der Waals surface area contributed by atoms with Gasteiger partial charge in [-0.2, -0.15) is 8.78 Å². The second-order valence-electron chi connectivity index (χ2n) is 13.1. The predicted octanol–water partition coefficient (Wildman–Crippen LogP) is 9.30. The fraction of sp³-hybridized carbons (Fsp3) is 0.256. The Morgan fingerprint density at radius 2 is 1.48 bits per heavy atom. The molecule has 2 heterocycles. The molecule has 4 aromatic carbocycles. The molecule has 0 atom stereocenters. The maximum Gasteiger partial charge on any atom is 0.387 e. The van der Waals surface area contributed by atoms with Gasteiger partial charge in [-0.25, -0.2) is 4.98 Å². The number of piperazine rings is 1. The van der Waals surface area contributed by atoms with Crippen molar-refractivity contribution >= 4 is 23.6 Å². The van der Waals surface area contributed by atoms with Crippen LogP contribution in [0, 0.1) is 13.8 Å². The Morgan fingerprint density at radius 3 is 2.15 bits per heavy atom. The van der Waals surface area contributed by atoms with Crippen molar-refractivity contribution in [1.82, 2.24) is 14.8 Å². The van der Waals surface area contributed by atoms with Gasteiger partial charge in [0.15, 0.2) is 5.75 Å². The number of hydrogen-bond donors (Lipinski definition) is 0. The summed E-state index contributed by atoms with van der Waals surface area (Å²) in [6.45, 7) is 5.70. The smallest absolute Gasteiger partial charge is 0.387 e. The lowest BCUT2D eigenvalue weighted by Crippen LogP contribution is -2.47. The minimum atomic E-state index is -2.87. The standard InChI is InChI=1S/C43H42ClF2N3O5/c1-30-3-12-36(13-4-30)51-24-19-32-5-7-33(8-6-32)28-48-20-22-49(23-21-48)41(50)18-11-35-25-31(2)42(39(44)26-35)54-40-17-16-38(27-47-40)52-29-34-9-14-37(15-10-34)53-43(45)46/h3-18,25-27,43H,19-24,28-29H2,1-2H3/b18-11+. The minimum Gasteiger partial charge on any atom is -0.493 e. The van der Waals surface area contributed by atoms with E-state index in [1.165, 1.54) is 35.0 Å². The Bertz CT molecular complexity index is 1980. The molecule has 5 aromatic rings. The van der Waals surface area contributed by atoms with Gasteiger partial charge in [-0.05, 0) is 90.2 Å². The van der Waals surface area contributed by atoms with Crippen LogP contribution >= 0.6 is 11.6 Å². The molecule has 1 aliphatic heterocycles. The molecule has 1 saturated heterocycles. The molecule has 6 rings (SSSR count). The number of alkyl halides is 2. The quantitative estimate of drug-likeness (QED) is 0.0988. The van der Waals surface area contributed by atoms with Crippen molar-refractivity contribution in [2.24, 2.45) is 0 Å². The second kappa shape index (κ2) is 18.5. The van der Waals surface area contributed by atoms with Crippen molar-refractivity contribution in [3.8, 4) is 28.9 Å². The lowest BCUT2D eigenvalue weighted by atomic mass is 10.1. The van der Waals surface area contributed by atoms with E-state index in [0.29, 0.717) is 42.1 Å². The van der Waals surface area contributed by atoms with Gasteiger partial charge in [-0.3, -0.25) is 9.69 Å². The maximum atomic E-state index is 13.1. The summed E-state index contributed by atoms with van der Waals surface area (Å²) in [5.41, 5.74) is 6.06. The van der Waals surface area contributed by atoms with Crippen LogP contribution in [0.4, 0.5) is 8.78 Å². The first-order chi connectivity index (χ1) is 26.2. The van der Waals surface area contributed by atoms with Gasteiger partial charge in [0.1, 0.15) is 23.9 Å². The van der Waals surface area contributed by atoms with Gasteiger partial charge >= 0.3 is 6.61 Å². The Hall–Kier alpha value is -5.45. The van der Waals surface area contributed by atoms with Gasteiger partial charge in [0.2, 0.25) is 11.8 Å². The molecule has 0 unspecified atom stereocenters. The molecule has 0 N–H and O–H groups in total. The van der Waals surface area contributed by atoms with Crippen molar-refractivity contribution in [3.63, 3.8) is 0 Å². The first kappa shape index (κ1) is 38.3. The normalized spacial score (nSPS) is 13.3. The number of aryl methyl sites for hydroxylation is 2. The van der Waals surface area contributed by atoms with Crippen molar-refractivity contribution < 1.29 is 32.5 Å². The van der Waals surface area contributed by atoms with Crippen LogP contribution in [0.2, 0.25) is 5.02 Å². The van der Waals surface area contributed by atoms with Gasteiger partial charge in [-0.1, -0.05) is 65.7 Å². The van der Waals surface area contributed by atoms with Crippen LogP contribution in [0.15, 0.2) is 109 Å². The van der Waals surface area contributed by atoms with E-state index in [1.54, 1.807) is 42.5 Å². The number of pyridine rings is 1. The zero-order valence-electron chi connectivity index (χ0n) is 30.2. The number of ether oxygens (including phenoxy) is 4. The molecule has 0 bridgehead atoms. The Morgan fingerprint density at radius 1 is 0.815 bits per heavy atom. The monoisotopic (exact) mass is 753 g/mol. The molecule has 1 aromatic heterocycles. The molecule has 11 heteroatoms. The fourth-order valence-electron chi connectivity index (χ4n) is 5.92. The van der Waals surface area contributed by atoms with E-state index in [9.17, 15) is 13.6 Å². The third kappa shape index (κ3) is 11.3. The van der Waals surface area contributed by atoms with E-state index in [4.69, 9.17) is 25.8 Å². The van der Waals surface area contributed by atoms with E-state index in [1.807, 2.05) is 30.0 Å². The van der Waals surface area contributed by atoms with Gasteiger partial charge in [0, 0.05) is 51.3 Å². The Kier molecular flexibility index (Phi) is 13.1. The first-order valence-electron chi connectivity index (χ1n) is 17.7. The van der Waals surface area contributed by atoms with Gasteiger partial charge in [-0.15, -0.1) is 0 Å². The van der Waals surface area contributed by atoms with E-state index >= 15 is 0 Å². The zero-order chi connectivity index (χ0) is 37.9. The number of nitrogens with zero attached hydrogens (tertiary/aromatic N) is 3. The molecule has 1 amide bonds. The highest BCUT2D eigenvalue weighted by atomic mass is 35.5. The number of carbonyl (C=O) groups excluding carboxylic acids is 1. The maximum absolute atomic E-state index is 13.1. The number of amides is 1. The van der Waals surface area contributed by atoms with E-state index < -0.39 is 6.61 Å². The Balaban J connectivity index is 0.924. The van der Waals surface area contributed by atoms with Crippen LogP contribution in [0.1, 0.15) is 33.4 Å². The molecule has 0 aliphatic carbocycles. The van der Waals surface area contributed by atoms with Gasteiger partial charge in [0.05, 0.1) is 17.8 Å². The van der Waals surface area contributed by atoms with Gasteiger partial charge in [0.25, 0.3) is 0 Å². The highest BCUT2D eigenvalue weighted by Crippen LogP contribution is 2.34.